The standard InChI is InChI=1S/C27H24ClNO7/c1-12-9-20(31)18-11-16-14(22(24(18)25(12)34)17-10-13(28)4-7-19(17)30)5-6-15-23(16)27(36)29(26(15)35)8-2-3-21(32)33/h4-5,7,9-10,15-16,22-23,30H,2-3,6,8,11H2,1H3,(H,32,33). The smallest absolute Gasteiger partial charge is 0.303 e. The van der Waals surface area contributed by atoms with Gasteiger partial charge in [0.2, 0.25) is 11.8 Å². The van der Waals surface area contributed by atoms with Crippen molar-refractivity contribution in [3.05, 3.63) is 63.2 Å². The summed E-state index contributed by atoms with van der Waals surface area (Å²) in [4.78, 5) is 65.1. The SMILES string of the molecule is CC1=CC(=O)C2=C(C1=O)C(c1cc(Cl)ccc1O)C1=CCC3C(=O)N(CCCC(=O)O)C(=O)C3C1C2. The molecule has 1 aromatic rings. The molecule has 4 atom stereocenters. The number of likely N-dealkylation sites (tertiary alicyclic amines) is 1. The number of imide groups is 1. The van der Waals surface area contributed by atoms with Crippen LogP contribution in [0.25, 0.3) is 0 Å². The topological polar surface area (TPSA) is 129 Å². The Bertz CT molecular complexity index is 1340. The fourth-order valence-corrected chi connectivity index (χ4v) is 6.33. The third-order valence-corrected chi connectivity index (χ3v) is 7.96. The Morgan fingerprint density at radius 3 is 2.61 bits per heavy atom. The predicted molar refractivity (Wildman–Crippen MR) is 128 cm³/mol. The van der Waals surface area contributed by atoms with Gasteiger partial charge in [-0.15, -0.1) is 0 Å². The van der Waals surface area contributed by atoms with Crippen molar-refractivity contribution < 1.29 is 34.2 Å². The number of aromatic hydroxyl groups is 1. The molecule has 2 N–H and O–H groups in total. The number of Topliss-reactive ketones (excluding diaryl/α,β-unsaturated/α-hetero) is 1. The van der Waals surface area contributed by atoms with Crippen LogP contribution in [0, 0.1) is 17.8 Å². The van der Waals surface area contributed by atoms with Crippen molar-refractivity contribution in [2.45, 2.75) is 38.5 Å². The lowest BCUT2D eigenvalue weighted by molar-refractivity contribution is -0.142. The van der Waals surface area contributed by atoms with Crippen molar-refractivity contribution in [1.29, 1.82) is 0 Å². The van der Waals surface area contributed by atoms with Gasteiger partial charge in [-0.3, -0.25) is 28.9 Å². The number of phenols is 1. The quantitative estimate of drug-likeness (QED) is 0.354. The van der Waals surface area contributed by atoms with E-state index in [1.807, 2.05) is 6.08 Å². The van der Waals surface area contributed by atoms with Gasteiger partial charge in [-0.25, -0.2) is 0 Å². The molecule has 36 heavy (non-hydrogen) atoms. The molecule has 1 aliphatic heterocycles. The average Bonchev–Trinajstić information content (AvgIpc) is 3.07. The summed E-state index contributed by atoms with van der Waals surface area (Å²) in [5, 5.41) is 20.0. The molecule has 0 radical (unpaired) electrons. The zero-order valence-corrected chi connectivity index (χ0v) is 20.2. The second kappa shape index (κ2) is 8.85. The van der Waals surface area contributed by atoms with Crippen molar-refractivity contribution >= 4 is 41.0 Å². The molecule has 1 fully saturated rings. The van der Waals surface area contributed by atoms with E-state index in [0.29, 0.717) is 21.7 Å². The molecule has 4 unspecified atom stereocenters. The van der Waals surface area contributed by atoms with Crippen LogP contribution in [0.3, 0.4) is 0 Å². The van der Waals surface area contributed by atoms with Gasteiger partial charge in [0.1, 0.15) is 5.75 Å². The average molecular weight is 510 g/mol. The van der Waals surface area contributed by atoms with Gasteiger partial charge in [-0.2, -0.15) is 0 Å². The molecular weight excluding hydrogens is 486 g/mol. The van der Waals surface area contributed by atoms with Crippen LogP contribution in [0.5, 0.6) is 5.75 Å². The highest BCUT2D eigenvalue weighted by atomic mass is 35.5. The minimum Gasteiger partial charge on any atom is -0.508 e. The summed E-state index contributed by atoms with van der Waals surface area (Å²) in [5.41, 5.74) is 1.97. The fourth-order valence-electron chi connectivity index (χ4n) is 6.15. The number of carbonyl (C=O) groups is 5. The molecule has 3 aliphatic carbocycles. The summed E-state index contributed by atoms with van der Waals surface area (Å²) in [5.74, 6) is -5.05. The Balaban J connectivity index is 1.60. The Hall–Kier alpha value is -3.52. The summed E-state index contributed by atoms with van der Waals surface area (Å²) < 4.78 is 0. The first-order valence-corrected chi connectivity index (χ1v) is 12.2. The molecule has 2 amide bonds. The Labute approximate surface area is 211 Å². The summed E-state index contributed by atoms with van der Waals surface area (Å²) >= 11 is 6.24. The number of hydrogen-bond acceptors (Lipinski definition) is 6. The minimum absolute atomic E-state index is 0.0187. The molecule has 1 heterocycles. The number of ketones is 2. The number of rotatable bonds is 5. The molecule has 5 rings (SSSR count). The van der Waals surface area contributed by atoms with E-state index in [2.05, 4.69) is 0 Å². The number of nitrogens with zero attached hydrogens (tertiary/aromatic N) is 1. The molecule has 186 valence electrons. The molecule has 4 aliphatic rings. The van der Waals surface area contributed by atoms with E-state index in [1.54, 1.807) is 13.0 Å². The number of aliphatic carboxylic acids is 1. The monoisotopic (exact) mass is 509 g/mol. The number of benzene rings is 1. The Kier molecular flexibility index (Phi) is 5.95. The molecule has 0 saturated carbocycles. The fraction of sp³-hybridized carbons (Fsp3) is 0.370. The first kappa shape index (κ1) is 24.2. The molecule has 0 bridgehead atoms. The molecular formula is C27H24ClNO7. The molecule has 0 spiro atoms. The molecule has 9 heteroatoms. The second-order valence-corrected chi connectivity index (χ2v) is 10.2. The third-order valence-electron chi connectivity index (χ3n) is 7.73. The second-order valence-electron chi connectivity index (χ2n) is 9.76. The summed E-state index contributed by atoms with van der Waals surface area (Å²) in [7, 11) is 0. The van der Waals surface area contributed by atoms with Crippen LogP contribution >= 0.6 is 11.6 Å². The van der Waals surface area contributed by atoms with Gasteiger partial charge in [0.05, 0.1) is 11.8 Å². The van der Waals surface area contributed by atoms with E-state index < -0.39 is 29.6 Å². The van der Waals surface area contributed by atoms with E-state index in [9.17, 15) is 29.1 Å². The van der Waals surface area contributed by atoms with E-state index in [0.717, 1.165) is 10.5 Å². The van der Waals surface area contributed by atoms with Crippen LogP contribution in [0.15, 0.2) is 52.6 Å². The van der Waals surface area contributed by atoms with Crippen molar-refractivity contribution in [2.24, 2.45) is 17.8 Å². The van der Waals surface area contributed by atoms with E-state index >= 15 is 0 Å². The maximum Gasteiger partial charge on any atom is 0.303 e. The molecule has 0 aromatic heterocycles. The van der Waals surface area contributed by atoms with Crippen LogP contribution in [0.4, 0.5) is 0 Å². The van der Waals surface area contributed by atoms with Gasteiger partial charge >= 0.3 is 5.97 Å². The summed E-state index contributed by atoms with van der Waals surface area (Å²) in [6.07, 6.45) is 3.56. The van der Waals surface area contributed by atoms with Gasteiger partial charge in [0.25, 0.3) is 0 Å². The Morgan fingerprint density at radius 1 is 1.14 bits per heavy atom. The van der Waals surface area contributed by atoms with Crippen molar-refractivity contribution in [3.63, 3.8) is 0 Å². The highest BCUT2D eigenvalue weighted by Gasteiger charge is 2.56. The lowest BCUT2D eigenvalue weighted by atomic mass is 9.59. The maximum atomic E-state index is 13.5. The molecule has 8 nitrogen and oxygen atoms in total. The molecule has 1 saturated heterocycles. The predicted octanol–water partition coefficient (Wildman–Crippen LogP) is 3.34. The number of allylic oxidation sites excluding steroid dienone is 6. The van der Waals surface area contributed by atoms with Gasteiger partial charge in [-0.1, -0.05) is 23.3 Å². The number of carbonyl (C=O) groups excluding carboxylic acids is 4. The zero-order chi connectivity index (χ0) is 25.9. The summed E-state index contributed by atoms with van der Waals surface area (Å²) in [6, 6.07) is 4.51. The van der Waals surface area contributed by atoms with Crippen molar-refractivity contribution in [3.8, 4) is 5.75 Å². The number of fused-ring (bicyclic) bond motifs is 3. The summed E-state index contributed by atoms with van der Waals surface area (Å²) in [6.45, 7) is 1.59. The molecule has 1 aromatic carbocycles. The van der Waals surface area contributed by atoms with E-state index in [4.69, 9.17) is 16.7 Å². The lowest BCUT2D eigenvalue weighted by Crippen LogP contribution is -2.40. The Morgan fingerprint density at radius 2 is 1.89 bits per heavy atom. The third kappa shape index (κ3) is 3.71. The van der Waals surface area contributed by atoms with Gasteiger partial charge in [-0.05, 0) is 56.4 Å². The number of carboxylic acid groups (broad SMARTS) is 1. The van der Waals surface area contributed by atoms with Crippen LogP contribution in [0.2, 0.25) is 5.02 Å². The highest BCUT2D eigenvalue weighted by molar-refractivity contribution is 6.30. The number of phenolic OH excluding ortho intramolecular Hbond substituents is 1. The van der Waals surface area contributed by atoms with Crippen LogP contribution in [-0.4, -0.2) is 51.0 Å². The maximum absolute atomic E-state index is 13.5. The minimum atomic E-state index is -1.00. The largest absolute Gasteiger partial charge is 0.508 e. The van der Waals surface area contributed by atoms with Crippen molar-refractivity contribution in [2.75, 3.05) is 6.54 Å². The first-order chi connectivity index (χ1) is 17.1. The van der Waals surface area contributed by atoms with E-state index in [1.165, 1.54) is 18.2 Å². The number of halogens is 1. The zero-order valence-electron chi connectivity index (χ0n) is 19.5. The normalized spacial score (nSPS) is 27.4. The van der Waals surface area contributed by atoms with Crippen LogP contribution < -0.4 is 0 Å². The van der Waals surface area contributed by atoms with Gasteiger partial charge < -0.3 is 10.2 Å². The highest BCUT2D eigenvalue weighted by Crippen LogP contribution is 2.56. The lowest BCUT2D eigenvalue weighted by Gasteiger charge is -2.42. The number of carboxylic acids is 1. The number of hydrogen-bond donors (Lipinski definition) is 2. The van der Waals surface area contributed by atoms with E-state index in [-0.39, 0.29) is 66.9 Å². The van der Waals surface area contributed by atoms with Crippen LogP contribution in [-0.2, 0) is 24.0 Å². The van der Waals surface area contributed by atoms with Gasteiger partial charge in [0.15, 0.2) is 11.6 Å². The van der Waals surface area contributed by atoms with Crippen molar-refractivity contribution in [1.82, 2.24) is 4.90 Å². The van der Waals surface area contributed by atoms with Gasteiger partial charge in [0, 0.05) is 46.2 Å². The number of amides is 2. The first-order valence-electron chi connectivity index (χ1n) is 11.9. The van der Waals surface area contributed by atoms with Crippen LogP contribution in [0.1, 0.15) is 44.1 Å².